The fourth-order valence-corrected chi connectivity index (χ4v) is 4.86. The highest BCUT2D eigenvalue weighted by molar-refractivity contribution is 5.97. The Hall–Kier alpha value is -1.59. The number of piperidine rings is 1. The first kappa shape index (κ1) is 24.1. The normalized spacial score (nSPS) is 21.9. The van der Waals surface area contributed by atoms with Crippen LogP contribution in [0.1, 0.15) is 84.5 Å². The van der Waals surface area contributed by atoms with Gasteiger partial charge in [0.2, 0.25) is 0 Å². The van der Waals surface area contributed by atoms with E-state index < -0.39 is 5.60 Å². The Morgan fingerprint density at radius 3 is 2.48 bits per heavy atom. The molecule has 1 aromatic carbocycles. The van der Waals surface area contributed by atoms with Gasteiger partial charge in [0.1, 0.15) is 11.4 Å². The van der Waals surface area contributed by atoms with Gasteiger partial charge in [0.25, 0.3) is 5.91 Å². The van der Waals surface area contributed by atoms with Crippen molar-refractivity contribution in [2.45, 2.75) is 96.1 Å². The molecule has 0 spiro atoms. The maximum atomic E-state index is 13.1. The van der Waals surface area contributed by atoms with Gasteiger partial charge in [-0.25, -0.2) is 0 Å². The van der Waals surface area contributed by atoms with Crippen LogP contribution in [0.5, 0.6) is 5.75 Å². The van der Waals surface area contributed by atoms with E-state index in [9.17, 15) is 4.79 Å². The van der Waals surface area contributed by atoms with Crippen LogP contribution in [0.4, 0.5) is 5.69 Å². The Bertz CT molecular complexity index is 653. The molecule has 1 heterocycles. The molecule has 174 valence electrons. The summed E-state index contributed by atoms with van der Waals surface area (Å²) in [6.45, 7) is 8.11. The van der Waals surface area contributed by atoms with E-state index in [-0.39, 0.29) is 5.91 Å². The molecule has 1 atom stereocenters. The zero-order valence-corrected chi connectivity index (χ0v) is 19.7. The predicted octanol–water partition coefficient (Wildman–Crippen LogP) is 5.79. The van der Waals surface area contributed by atoms with Crippen molar-refractivity contribution in [1.29, 1.82) is 0 Å². The Kier molecular flexibility index (Phi) is 9.66. The van der Waals surface area contributed by atoms with Crippen molar-refractivity contribution in [1.82, 2.24) is 4.90 Å². The molecule has 31 heavy (non-hydrogen) atoms. The molecule has 1 aromatic rings. The standard InChI is InChI=1S/C26H42N2O3/c1-3-20-31-26(16-7-4-5-8-17-26)25(29)27-23-12-14-24(15-13-23)30-21-10-19-28-18-9-6-11-22(28)2/h12-15,22H,3-11,16-21H2,1-2H3,(H,27,29)/t22-/m0/s1. The fraction of sp³-hybridized carbons (Fsp3) is 0.731. The number of rotatable bonds is 10. The average molecular weight is 431 g/mol. The number of ether oxygens (including phenoxy) is 2. The number of anilines is 1. The van der Waals surface area contributed by atoms with Crippen LogP contribution in [0.15, 0.2) is 24.3 Å². The van der Waals surface area contributed by atoms with E-state index in [4.69, 9.17) is 9.47 Å². The van der Waals surface area contributed by atoms with E-state index in [0.29, 0.717) is 12.6 Å². The molecule has 1 aliphatic heterocycles. The minimum Gasteiger partial charge on any atom is -0.494 e. The van der Waals surface area contributed by atoms with Gasteiger partial charge >= 0.3 is 0 Å². The highest BCUT2D eigenvalue weighted by atomic mass is 16.5. The van der Waals surface area contributed by atoms with Crippen molar-refractivity contribution in [3.8, 4) is 5.75 Å². The Balaban J connectivity index is 1.46. The second kappa shape index (κ2) is 12.4. The smallest absolute Gasteiger partial charge is 0.256 e. The largest absolute Gasteiger partial charge is 0.494 e. The summed E-state index contributed by atoms with van der Waals surface area (Å²) >= 11 is 0. The van der Waals surface area contributed by atoms with Gasteiger partial charge in [-0.05, 0) is 76.3 Å². The second-order valence-corrected chi connectivity index (χ2v) is 9.32. The third-order valence-electron chi connectivity index (χ3n) is 6.82. The summed E-state index contributed by atoms with van der Waals surface area (Å²) in [5.41, 5.74) is 0.135. The van der Waals surface area contributed by atoms with Gasteiger partial charge in [-0.2, -0.15) is 0 Å². The number of nitrogens with zero attached hydrogens (tertiary/aromatic N) is 1. The molecule has 1 saturated heterocycles. The lowest BCUT2D eigenvalue weighted by atomic mass is 9.92. The minimum absolute atomic E-state index is 0.00664. The molecule has 0 bridgehead atoms. The first-order valence-electron chi connectivity index (χ1n) is 12.6. The maximum Gasteiger partial charge on any atom is 0.256 e. The third-order valence-corrected chi connectivity index (χ3v) is 6.82. The van der Waals surface area contributed by atoms with Crippen molar-refractivity contribution in [3.63, 3.8) is 0 Å². The lowest BCUT2D eigenvalue weighted by Crippen LogP contribution is -2.45. The van der Waals surface area contributed by atoms with Crippen molar-refractivity contribution >= 4 is 11.6 Å². The molecule has 2 aliphatic rings. The first-order chi connectivity index (χ1) is 15.1. The maximum absolute atomic E-state index is 13.1. The zero-order chi connectivity index (χ0) is 21.9. The molecular formula is C26H42N2O3. The van der Waals surface area contributed by atoms with Crippen molar-refractivity contribution in [3.05, 3.63) is 24.3 Å². The van der Waals surface area contributed by atoms with Gasteiger partial charge in [-0.15, -0.1) is 0 Å². The molecule has 5 nitrogen and oxygen atoms in total. The number of carbonyl (C=O) groups excluding carboxylic acids is 1. The molecule has 3 rings (SSSR count). The summed E-state index contributed by atoms with van der Waals surface area (Å²) in [5, 5.41) is 3.11. The highest BCUT2D eigenvalue weighted by Gasteiger charge is 2.39. The SMILES string of the molecule is CCCOC1(C(=O)Nc2ccc(OCCCN3CCCC[C@@H]3C)cc2)CCCCCC1. The number of hydrogen-bond donors (Lipinski definition) is 1. The molecule has 0 unspecified atom stereocenters. The topological polar surface area (TPSA) is 50.8 Å². The van der Waals surface area contributed by atoms with E-state index in [1.54, 1.807) is 0 Å². The van der Waals surface area contributed by atoms with E-state index in [2.05, 4.69) is 24.1 Å². The van der Waals surface area contributed by atoms with Crippen LogP contribution in [-0.4, -0.2) is 48.8 Å². The summed E-state index contributed by atoms with van der Waals surface area (Å²) in [6.07, 6.45) is 12.1. The number of likely N-dealkylation sites (tertiary alicyclic amines) is 1. The molecule has 1 amide bonds. The summed E-state index contributed by atoms with van der Waals surface area (Å²) in [5.74, 6) is 0.864. The van der Waals surface area contributed by atoms with E-state index in [1.807, 2.05) is 24.3 Å². The summed E-state index contributed by atoms with van der Waals surface area (Å²) in [6, 6.07) is 8.47. The van der Waals surface area contributed by atoms with Crippen LogP contribution in [0.2, 0.25) is 0 Å². The average Bonchev–Trinajstić information content (AvgIpc) is 3.04. The van der Waals surface area contributed by atoms with Crippen molar-refractivity contribution < 1.29 is 14.3 Å². The quantitative estimate of drug-likeness (QED) is 0.377. The number of amides is 1. The summed E-state index contributed by atoms with van der Waals surface area (Å²) in [4.78, 5) is 15.7. The fourth-order valence-electron chi connectivity index (χ4n) is 4.86. The Labute approximate surface area is 188 Å². The van der Waals surface area contributed by atoms with Crippen LogP contribution >= 0.6 is 0 Å². The van der Waals surface area contributed by atoms with Crippen molar-refractivity contribution in [2.24, 2.45) is 0 Å². The summed E-state index contributed by atoms with van der Waals surface area (Å²) in [7, 11) is 0. The van der Waals surface area contributed by atoms with Crippen molar-refractivity contribution in [2.75, 3.05) is 31.6 Å². The zero-order valence-electron chi connectivity index (χ0n) is 19.7. The highest BCUT2D eigenvalue weighted by Crippen LogP contribution is 2.32. The predicted molar refractivity (Wildman–Crippen MR) is 127 cm³/mol. The monoisotopic (exact) mass is 430 g/mol. The number of carbonyl (C=O) groups is 1. The van der Waals surface area contributed by atoms with E-state index in [1.165, 1.54) is 38.6 Å². The first-order valence-corrected chi connectivity index (χ1v) is 12.6. The third kappa shape index (κ3) is 7.21. The van der Waals surface area contributed by atoms with Gasteiger partial charge in [-0.3, -0.25) is 4.79 Å². The van der Waals surface area contributed by atoms with Gasteiger partial charge in [0.15, 0.2) is 0 Å². The van der Waals surface area contributed by atoms with E-state index >= 15 is 0 Å². The lowest BCUT2D eigenvalue weighted by Gasteiger charge is -2.33. The molecule has 1 N–H and O–H groups in total. The molecule has 5 heteroatoms. The number of benzene rings is 1. The van der Waals surface area contributed by atoms with Gasteiger partial charge in [0.05, 0.1) is 6.61 Å². The lowest BCUT2D eigenvalue weighted by molar-refractivity contribution is -0.143. The molecule has 0 aromatic heterocycles. The summed E-state index contributed by atoms with van der Waals surface area (Å²) < 4.78 is 12.1. The molecule has 1 saturated carbocycles. The van der Waals surface area contributed by atoms with Crippen LogP contribution in [0, 0.1) is 0 Å². The Morgan fingerprint density at radius 2 is 1.81 bits per heavy atom. The van der Waals surface area contributed by atoms with Gasteiger partial charge < -0.3 is 19.7 Å². The van der Waals surface area contributed by atoms with Crippen LogP contribution in [-0.2, 0) is 9.53 Å². The molecule has 1 aliphatic carbocycles. The molecule has 0 radical (unpaired) electrons. The van der Waals surface area contributed by atoms with Gasteiger partial charge in [0, 0.05) is 24.9 Å². The molecule has 2 fully saturated rings. The number of nitrogens with one attached hydrogen (secondary N) is 1. The second-order valence-electron chi connectivity index (χ2n) is 9.32. The minimum atomic E-state index is -0.673. The van der Waals surface area contributed by atoms with Gasteiger partial charge in [-0.1, -0.05) is 39.0 Å². The Morgan fingerprint density at radius 1 is 1.06 bits per heavy atom. The molecular weight excluding hydrogens is 388 g/mol. The van der Waals surface area contributed by atoms with Crippen LogP contribution < -0.4 is 10.1 Å². The van der Waals surface area contributed by atoms with E-state index in [0.717, 1.165) is 63.1 Å². The van der Waals surface area contributed by atoms with Crippen LogP contribution in [0.3, 0.4) is 0 Å². The number of hydrogen-bond acceptors (Lipinski definition) is 4. The van der Waals surface area contributed by atoms with Crippen LogP contribution in [0.25, 0.3) is 0 Å².